The molecule has 1 heterocycles. The number of rotatable bonds is 5. The average molecular weight is 304 g/mol. The summed E-state index contributed by atoms with van der Waals surface area (Å²) in [4.78, 5) is 11.9. The molecular formula is C15H16F4O2. The van der Waals surface area contributed by atoms with Crippen molar-refractivity contribution in [2.75, 3.05) is 6.61 Å². The molecule has 1 aromatic rings. The molecule has 6 heteroatoms. The van der Waals surface area contributed by atoms with Crippen molar-refractivity contribution in [3.63, 3.8) is 0 Å². The number of halogens is 4. The van der Waals surface area contributed by atoms with E-state index in [2.05, 4.69) is 0 Å². The topological polar surface area (TPSA) is 26.3 Å². The minimum Gasteiger partial charge on any atom is -0.378 e. The zero-order chi connectivity index (χ0) is 15.5. The van der Waals surface area contributed by atoms with Crippen LogP contribution in [-0.2, 0) is 10.9 Å². The molecule has 1 aliphatic heterocycles. The summed E-state index contributed by atoms with van der Waals surface area (Å²) in [7, 11) is 0. The number of hydrogen-bond donors (Lipinski definition) is 0. The fourth-order valence-electron chi connectivity index (χ4n) is 2.42. The molecular weight excluding hydrogens is 288 g/mol. The first-order valence-corrected chi connectivity index (χ1v) is 6.89. The van der Waals surface area contributed by atoms with E-state index in [0.717, 1.165) is 31.9 Å². The van der Waals surface area contributed by atoms with Crippen LogP contribution in [-0.4, -0.2) is 18.5 Å². The molecule has 116 valence electrons. The summed E-state index contributed by atoms with van der Waals surface area (Å²) in [5.74, 6) is -1.77. The Labute approximate surface area is 120 Å². The normalized spacial score (nSPS) is 19.0. The molecule has 21 heavy (non-hydrogen) atoms. The smallest absolute Gasteiger partial charge is 0.378 e. The number of carbonyl (C=O) groups is 1. The van der Waals surface area contributed by atoms with Gasteiger partial charge in [0.2, 0.25) is 0 Å². The van der Waals surface area contributed by atoms with Crippen molar-refractivity contribution in [2.45, 2.75) is 44.4 Å². The van der Waals surface area contributed by atoms with Crippen molar-refractivity contribution < 1.29 is 27.1 Å². The molecule has 0 aliphatic carbocycles. The maximum atomic E-state index is 13.1. The lowest BCUT2D eigenvalue weighted by Crippen LogP contribution is -2.11. The van der Waals surface area contributed by atoms with Crippen LogP contribution in [0.3, 0.4) is 0 Å². The van der Waals surface area contributed by atoms with E-state index in [4.69, 9.17) is 4.74 Å². The highest BCUT2D eigenvalue weighted by molar-refractivity contribution is 5.96. The maximum absolute atomic E-state index is 13.1. The van der Waals surface area contributed by atoms with Crippen molar-refractivity contribution in [1.29, 1.82) is 0 Å². The summed E-state index contributed by atoms with van der Waals surface area (Å²) in [6.45, 7) is 0.728. The van der Waals surface area contributed by atoms with Crippen LogP contribution in [0.2, 0.25) is 0 Å². The maximum Gasteiger partial charge on any atom is 0.419 e. The highest BCUT2D eigenvalue weighted by Gasteiger charge is 2.34. The van der Waals surface area contributed by atoms with Gasteiger partial charge in [0, 0.05) is 18.6 Å². The molecule has 0 amide bonds. The largest absolute Gasteiger partial charge is 0.419 e. The third-order valence-corrected chi connectivity index (χ3v) is 3.55. The second-order valence-corrected chi connectivity index (χ2v) is 5.14. The van der Waals surface area contributed by atoms with Crippen molar-refractivity contribution in [3.8, 4) is 0 Å². The molecule has 0 N–H and O–H groups in total. The lowest BCUT2D eigenvalue weighted by molar-refractivity contribution is -0.140. The summed E-state index contributed by atoms with van der Waals surface area (Å²) in [5.41, 5.74) is -1.50. The van der Waals surface area contributed by atoms with Crippen molar-refractivity contribution in [1.82, 2.24) is 0 Å². The SMILES string of the molecule is O=C(CCCC1CCCO1)c1ccc(F)c(C(F)(F)F)c1. The minimum absolute atomic E-state index is 0.101. The van der Waals surface area contributed by atoms with E-state index in [1.807, 2.05) is 0 Å². The Bertz CT molecular complexity index is 505. The minimum atomic E-state index is -4.79. The van der Waals surface area contributed by atoms with Crippen LogP contribution < -0.4 is 0 Å². The Kier molecular flexibility index (Phi) is 4.98. The average Bonchev–Trinajstić information content (AvgIpc) is 2.91. The third-order valence-electron chi connectivity index (χ3n) is 3.55. The lowest BCUT2D eigenvalue weighted by atomic mass is 10.0. The first-order chi connectivity index (χ1) is 9.88. The fourth-order valence-corrected chi connectivity index (χ4v) is 2.42. The second kappa shape index (κ2) is 6.56. The monoisotopic (exact) mass is 304 g/mol. The van der Waals surface area contributed by atoms with Gasteiger partial charge in [-0.1, -0.05) is 0 Å². The quantitative estimate of drug-likeness (QED) is 0.596. The van der Waals surface area contributed by atoms with Gasteiger partial charge in [-0.15, -0.1) is 0 Å². The van der Waals surface area contributed by atoms with Gasteiger partial charge >= 0.3 is 6.18 Å². The third kappa shape index (κ3) is 4.27. The molecule has 0 bridgehead atoms. The summed E-state index contributed by atoms with van der Waals surface area (Å²) < 4.78 is 56.3. The first-order valence-electron chi connectivity index (χ1n) is 6.89. The van der Waals surface area contributed by atoms with Gasteiger partial charge in [0.25, 0.3) is 0 Å². The van der Waals surface area contributed by atoms with Crippen molar-refractivity contribution >= 4 is 5.78 Å². The Hall–Kier alpha value is -1.43. The molecule has 1 saturated heterocycles. The van der Waals surface area contributed by atoms with E-state index in [1.54, 1.807) is 0 Å². The summed E-state index contributed by atoms with van der Waals surface area (Å²) in [5, 5.41) is 0. The number of carbonyl (C=O) groups excluding carboxylic acids is 1. The molecule has 1 fully saturated rings. The van der Waals surface area contributed by atoms with Crippen LogP contribution >= 0.6 is 0 Å². The van der Waals surface area contributed by atoms with Crippen LogP contribution in [0.15, 0.2) is 18.2 Å². The van der Waals surface area contributed by atoms with Crippen molar-refractivity contribution in [2.24, 2.45) is 0 Å². The van der Waals surface area contributed by atoms with E-state index in [0.29, 0.717) is 18.6 Å². The predicted octanol–water partition coefficient (Wildman–Crippen LogP) is 4.38. The molecule has 0 radical (unpaired) electrons. The Morgan fingerprint density at radius 1 is 1.33 bits per heavy atom. The summed E-state index contributed by atoms with van der Waals surface area (Å²) in [6.07, 6.45) is -1.26. The highest BCUT2D eigenvalue weighted by Crippen LogP contribution is 2.32. The summed E-state index contributed by atoms with van der Waals surface area (Å²) >= 11 is 0. The van der Waals surface area contributed by atoms with Gasteiger partial charge in [0.15, 0.2) is 5.78 Å². The molecule has 1 aliphatic rings. The molecule has 0 aromatic heterocycles. The van der Waals surface area contributed by atoms with Crippen LogP contribution in [0, 0.1) is 5.82 Å². The zero-order valence-corrected chi connectivity index (χ0v) is 11.4. The Morgan fingerprint density at radius 2 is 2.10 bits per heavy atom. The fraction of sp³-hybridized carbons (Fsp3) is 0.533. The van der Waals surface area contributed by atoms with Gasteiger partial charge in [-0.2, -0.15) is 13.2 Å². The molecule has 0 saturated carbocycles. The van der Waals surface area contributed by atoms with Gasteiger partial charge in [0.05, 0.1) is 11.7 Å². The molecule has 1 unspecified atom stereocenters. The molecule has 1 aromatic carbocycles. The van der Waals surface area contributed by atoms with E-state index < -0.39 is 23.3 Å². The molecule has 2 nitrogen and oxygen atoms in total. The van der Waals surface area contributed by atoms with Gasteiger partial charge in [0.1, 0.15) is 5.82 Å². The molecule has 2 rings (SSSR count). The Balaban J connectivity index is 1.95. The number of Topliss-reactive ketones (excluding diaryl/α,β-unsaturated/α-hetero) is 1. The number of ketones is 1. The number of ether oxygens (including phenoxy) is 1. The zero-order valence-electron chi connectivity index (χ0n) is 11.4. The number of hydrogen-bond acceptors (Lipinski definition) is 2. The van der Waals surface area contributed by atoms with E-state index >= 15 is 0 Å². The van der Waals surface area contributed by atoms with Gasteiger partial charge in [-0.3, -0.25) is 4.79 Å². The van der Waals surface area contributed by atoms with E-state index in [-0.39, 0.29) is 18.1 Å². The molecule has 0 spiro atoms. The Morgan fingerprint density at radius 3 is 2.71 bits per heavy atom. The van der Waals surface area contributed by atoms with Crippen molar-refractivity contribution in [3.05, 3.63) is 35.1 Å². The van der Waals surface area contributed by atoms with Gasteiger partial charge in [-0.25, -0.2) is 4.39 Å². The van der Waals surface area contributed by atoms with Crippen LogP contribution in [0.1, 0.15) is 48.0 Å². The standard InChI is InChI=1S/C15H16F4O2/c16-13-7-6-10(9-12(13)15(17,18)19)14(20)5-1-3-11-4-2-8-21-11/h6-7,9,11H,1-5,8H2. The van der Waals surface area contributed by atoms with E-state index in [1.165, 1.54) is 0 Å². The predicted molar refractivity (Wildman–Crippen MR) is 68.6 cm³/mol. The summed E-state index contributed by atoms with van der Waals surface area (Å²) in [6, 6.07) is 2.37. The van der Waals surface area contributed by atoms with Crippen LogP contribution in [0.4, 0.5) is 17.6 Å². The highest BCUT2D eigenvalue weighted by atomic mass is 19.4. The van der Waals surface area contributed by atoms with Crippen LogP contribution in [0.5, 0.6) is 0 Å². The second-order valence-electron chi connectivity index (χ2n) is 5.14. The number of benzene rings is 1. The van der Waals surface area contributed by atoms with Gasteiger partial charge in [-0.05, 0) is 43.9 Å². The molecule has 1 atom stereocenters. The van der Waals surface area contributed by atoms with Gasteiger partial charge < -0.3 is 4.74 Å². The number of alkyl halides is 3. The van der Waals surface area contributed by atoms with Crippen LogP contribution in [0.25, 0.3) is 0 Å². The lowest BCUT2D eigenvalue weighted by Gasteiger charge is -2.10. The van der Waals surface area contributed by atoms with E-state index in [9.17, 15) is 22.4 Å². The first kappa shape index (κ1) is 15.9.